The van der Waals surface area contributed by atoms with E-state index in [1.165, 1.54) is 17.4 Å². The molecule has 2 aromatic heterocycles. The van der Waals surface area contributed by atoms with Crippen LogP contribution in [0.4, 0.5) is 0 Å². The van der Waals surface area contributed by atoms with E-state index in [9.17, 15) is 14.9 Å². The lowest BCUT2D eigenvalue weighted by Gasteiger charge is -2.12. The number of thiophene rings is 1. The fourth-order valence-electron chi connectivity index (χ4n) is 2.78. The number of carbonyl (C=O) groups excluding carboxylic acids is 2. The second-order valence-corrected chi connectivity index (χ2v) is 8.20. The third-order valence-electron chi connectivity index (χ3n) is 4.15. The first kappa shape index (κ1) is 20.7. The first-order valence-corrected chi connectivity index (χ1v) is 9.59. The Morgan fingerprint density at radius 2 is 2.00 bits per heavy atom. The van der Waals surface area contributed by atoms with Crippen molar-refractivity contribution in [3.8, 4) is 6.07 Å². The van der Waals surface area contributed by atoms with Gasteiger partial charge in [-0.3, -0.25) is 4.79 Å². The van der Waals surface area contributed by atoms with Crippen molar-refractivity contribution in [2.75, 3.05) is 6.61 Å². The molecule has 0 saturated heterocycles. The maximum absolute atomic E-state index is 12.2. The summed E-state index contributed by atoms with van der Waals surface area (Å²) in [6.07, 6.45) is 1.53. The molecule has 142 valence electrons. The van der Waals surface area contributed by atoms with E-state index in [-0.39, 0.29) is 18.0 Å². The molecular weight excluding hydrogens is 360 g/mol. The first-order valence-electron chi connectivity index (χ1n) is 8.78. The molecule has 0 amide bonds. The third kappa shape index (κ3) is 5.18. The monoisotopic (exact) mass is 384 g/mol. The van der Waals surface area contributed by atoms with Gasteiger partial charge in [0.1, 0.15) is 11.6 Å². The van der Waals surface area contributed by atoms with E-state index in [0.29, 0.717) is 10.8 Å². The van der Waals surface area contributed by atoms with E-state index in [2.05, 4.69) is 18.4 Å². The van der Waals surface area contributed by atoms with E-state index in [1.54, 1.807) is 6.07 Å². The molecule has 0 aliphatic rings. The lowest BCUT2D eigenvalue weighted by Crippen LogP contribution is -2.14. The normalized spacial score (nSPS) is 11.5. The number of aryl methyl sites for hydroxylation is 2. The fourth-order valence-corrected chi connectivity index (χ4v) is 3.57. The molecule has 2 heterocycles. The highest BCUT2D eigenvalue weighted by molar-refractivity contribution is 7.14. The molecule has 6 heteroatoms. The van der Waals surface area contributed by atoms with Crippen molar-refractivity contribution >= 4 is 29.2 Å². The number of nitrogens with zero attached hydrogens (tertiary/aromatic N) is 2. The van der Waals surface area contributed by atoms with Crippen LogP contribution in [0.3, 0.4) is 0 Å². The number of carbonyl (C=O) groups is 2. The molecule has 0 saturated carbocycles. The van der Waals surface area contributed by atoms with Crippen LogP contribution in [-0.4, -0.2) is 22.9 Å². The summed E-state index contributed by atoms with van der Waals surface area (Å²) in [4.78, 5) is 25.9. The molecular formula is C21H24N2O3S. The number of aromatic nitrogens is 1. The predicted octanol–water partition coefficient (Wildman–Crippen LogP) is 4.46. The van der Waals surface area contributed by atoms with Crippen molar-refractivity contribution in [2.45, 2.75) is 41.2 Å². The van der Waals surface area contributed by atoms with E-state index in [4.69, 9.17) is 4.74 Å². The Morgan fingerprint density at radius 1 is 1.30 bits per heavy atom. The number of ether oxygens (including phenoxy) is 1. The average molecular weight is 385 g/mol. The standard InChI is InChI=1S/C21H24N2O3S/c1-13(2)11-23-14(3)8-17(16(23)5)9-18(10-22)21(25)26-12-19(24)20-7-6-15(4)27-20/h6-9,13H,11-12H2,1-5H3/b18-9-. The maximum atomic E-state index is 12.2. The molecule has 0 fully saturated rings. The van der Waals surface area contributed by atoms with Crippen LogP contribution < -0.4 is 0 Å². The van der Waals surface area contributed by atoms with Gasteiger partial charge >= 0.3 is 5.97 Å². The smallest absolute Gasteiger partial charge is 0.349 e. The zero-order valence-electron chi connectivity index (χ0n) is 16.3. The van der Waals surface area contributed by atoms with E-state index in [0.717, 1.165) is 28.4 Å². The maximum Gasteiger partial charge on any atom is 0.349 e. The molecule has 0 spiro atoms. The van der Waals surface area contributed by atoms with Crippen molar-refractivity contribution < 1.29 is 14.3 Å². The molecule has 0 unspecified atom stereocenters. The molecule has 0 atom stereocenters. The minimum Gasteiger partial charge on any atom is -0.453 e. The van der Waals surface area contributed by atoms with E-state index >= 15 is 0 Å². The summed E-state index contributed by atoms with van der Waals surface area (Å²) in [6.45, 7) is 10.6. The summed E-state index contributed by atoms with van der Waals surface area (Å²) in [5.74, 6) is -0.569. The van der Waals surface area contributed by atoms with Gasteiger partial charge in [-0.05, 0) is 56.5 Å². The minimum atomic E-state index is -0.784. The first-order chi connectivity index (χ1) is 12.7. The summed E-state index contributed by atoms with van der Waals surface area (Å²) >= 11 is 1.35. The summed E-state index contributed by atoms with van der Waals surface area (Å²) in [5.41, 5.74) is 2.75. The van der Waals surface area contributed by atoms with E-state index < -0.39 is 5.97 Å². The van der Waals surface area contributed by atoms with Gasteiger partial charge in [-0.25, -0.2) is 4.79 Å². The zero-order chi connectivity index (χ0) is 20.1. The molecule has 2 rings (SSSR count). The Kier molecular flexibility index (Phi) is 6.75. The third-order valence-corrected chi connectivity index (χ3v) is 5.19. The highest BCUT2D eigenvalue weighted by Crippen LogP contribution is 2.20. The average Bonchev–Trinajstić information content (AvgIpc) is 3.15. The lowest BCUT2D eigenvalue weighted by molar-refractivity contribution is -0.137. The van der Waals surface area contributed by atoms with Crippen LogP contribution in [0.1, 0.15) is 45.3 Å². The Labute approximate surface area is 163 Å². The number of ketones is 1. The quantitative estimate of drug-likeness (QED) is 0.306. The largest absolute Gasteiger partial charge is 0.453 e. The van der Waals surface area contributed by atoms with Crippen molar-refractivity contribution in [1.82, 2.24) is 4.57 Å². The van der Waals surface area contributed by atoms with Gasteiger partial charge in [0.2, 0.25) is 5.78 Å². The Morgan fingerprint density at radius 3 is 2.56 bits per heavy atom. The number of rotatable bonds is 7. The van der Waals surface area contributed by atoms with Gasteiger partial charge in [-0.1, -0.05) is 13.8 Å². The molecule has 0 aromatic carbocycles. The summed E-state index contributed by atoms with van der Waals surface area (Å²) < 4.78 is 7.22. The van der Waals surface area contributed by atoms with Crippen molar-refractivity contribution in [1.29, 1.82) is 5.26 Å². The molecule has 27 heavy (non-hydrogen) atoms. The fraction of sp³-hybridized carbons (Fsp3) is 0.381. The Bertz CT molecular complexity index is 926. The van der Waals surface area contributed by atoms with Gasteiger partial charge < -0.3 is 9.30 Å². The second-order valence-electron chi connectivity index (χ2n) is 6.91. The Balaban J connectivity index is 2.13. The number of nitriles is 1. The second kappa shape index (κ2) is 8.83. The van der Waals surface area contributed by atoms with Gasteiger partial charge in [-0.2, -0.15) is 5.26 Å². The van der Waals surface area contributed by atoms with Crippen LogP contribution in [0.5, 0.6) is 0 Å². The molecule has 2 aromatic rings. The molecule has 5 nitrogen and oxygen atoms in total. The van der Waals surface area contributed by atoms with Gasteiger partial charge in [0.05, 0.1) is 4.88 Å². The minimum absolute atomic E-state index is 0.116. The highest BCUT2D eigenvalue weighted by Gasteiger charge is 2.17. The van der Waals surface area contributed by atoms with Crippen molar-refractivity contribution in [2.24, 2.45) is 5.92 Å². The van der Waals surface area contributed by atoms with Gasteiger partial charge in [-0.15, -0.1) is 11.3 Å². The molecule has 0 bridgehead atoms. The van der Waals surface area contributed by atoms with Crippen LogP contribution in [0.15, 0.2) is 23.8 Å². The number of Topliss-reactive ketones (excluding diaryl/α,β-unsaturated/α-hetero) is 1. The Hall–Kier alpha value is -2.65. The van der Waals surface area contributed by atoms with Gasteiger partial charge in [0, 0.05) is 22.8 Å². The number of hydrogen-bond donors (Lipinski definition) is 0. The van der Waals surface area contributed by atoms with Crippen molar-refractivity contribution in [3.05, 3.63) is 50.5 Å². The number of hydrogen-bond acceptors (Lipinski definition) is 5. The molecule has 0 aliphatic heterocycles. The SMILES string of the molecule is Cc1ccc(C(=O)COC(=O)/C(C#N)=C\c2cc(C)n(CC(C)C)c2C)s1. The van der Waals surface area contributed by atoms with Crippen LogP contribution in [0, 0.1) is 38.0 Å². The predicted molar refractivity (Wildman–Crippen MR) is 107 cm³/mol. The van der Waals surface area contributed by atoms with Gasteiger partial charge in [0.15, 0.2) is 6.61 Å². The van der Waals surface area contributed by atoms with Crippen LogP contribution in [-0.2, 0) is 16.1 Å². The van der Waals surface area contributed by atoms with E-state index in [1.807, 2.05) is 39.0 Å². The van der Waals surface area contributed by atoms with Crippen molar-refractivity contribution in [3.63, 3.8) is 0 Å². The zero-order valence-corrected chi connectivity index (χ0v) is 17.1. The summed E-state index contributed by atoms with van der Waals surface area (Å²) in [6, 6.07) is 7.38. The molecule has 0 N–H and O–H groups in total. The van der Waals surface area contributed by atoms with Crippen LogP contribution in [0.25, 0.3) is 6.08 Å². The molecule has 0 radical (unpaired) electrons. The van der Waals surface area contributed by atoms with Gasteiger partial charge in [0.25, 0.3) is 0 Å². The molecule has 0 aliphatic carbocycles. The van der Waals surface area contributed by atoms with Crippen LogP contribution >= 0.6 is 11.3 Å². The number of esters is 1. The van der Waals surface area contributed by atoms with Crippen LogP contribution in [0.2, 0.25) is 0 Å². The summed E-state index contributed by atoms with van der Waals surface area (Å²) in [7, 11) is 0. The highest BCUT2D eigenvalue weighted by atomic mass is 32.1. The topological polar surface area (TPSA) is 72.1 Å². The summed E-state index contributed by atoms with van der Waals surface area (Å²) in [5, 5.41) is 9.35. The lowest BCUT2D eigenvalue weighted by atomic mass is 10.1.